The Labute approximate surface area is 87.4 Å². The lowest BCUT2D eigenvalue weighted by atomic mass is 10.2. The van der Waals surface area contributed by atoms with Gasteiger partial charge >= 0.3 is 0 Å². The molecule has 80 valence electrons. The third-order valence-electron chi connectivity index (χ3n) is 1.72. The number of hydrogen-bond donors (Lipinski definition) is 1. The lowest BCUT2D eigenvalue weighted by Crippen LogP contribution is -2.16. The van der Waals surface area contributed by atoms with Crippen LogP contribution in [0.15, 0.2) is 18.2 Å². The first-order valence-corrected chi connectivity index (χ1v) is 5.73. The first kappa shape index (κ1) is 11.5. The van der Waals surface area contributed by atoms with Gasteiger partial charge in [-0.05, 0) is 24.6 Å². The van der Waals surface area contributed by atoms with E-state index in [0.29, 0.717) is 5.56 Å². The van der Waals surface area contributed by atoms with Crippen LogP contribution < -0.4 is 4.72 Å². The van der Waals surface area contributed by atoms with E-state index in [-0.39, 0.29) is 5.69 Å². The predicted molar refractivity (Wildman–Crippen MR) is 54.2 cm³/mol. The average molecular weight is 228 g/mol. The summed E-state index contributed by atoms with van der Waals surface area (Å²) in [6.45, 7) is 1.64. The molecule has 0 aliphatic rings. The summed E-state index contributed by atoms with van der Waals surface area (Å²) < 4.78 is 37.4. The average Bonchev–Trinajstić information content (AvgIpc) is 2.10. The van der Waals surface area contributed by atoms with Crippen LogP contribution in [-0.4, -0.2) is 14.2 Å². The molecule has 0 saturated carbocycles. The lowest BCUT2D eigenvalue weighted by molar-refractivity contribution is 0.604. The van der Waals surface area contributed by atoms with Gasteiger partial charge in [-0.3, -0.25) is 4.72 Å². The topological polar surface area (TPSA) is 70.0 Å². The number of halogens is 1. The molecule has 1 N–H and O–H groups in total. The van der Waals surface area contributed by atoms with Crippen molar-refractivity contribution in [3.8, 4) is 6.07 Å². The molecule has 0 amide bonds. The lowest BCUT2D eigenvalue weighted by Gasteiger charge is -2.07. The Morgan fingerprint density at radius 2 is 2.20 bits per heavy atom. The van der Waals surface area contributed by atoms with Gasteiger partial charge < -0.3 is 0 Å². The van der Waals surface area contributed by atoms with E-state index in [0.717, 1.165) is 6.07 Å². The minimum atomic E-state index is -3.70. The fourth-order valence-electron chi connectivity index (χ4n) is 0.993. The Morgan fingerprint density at radius 1 is 1.53 bits per heavy atom. The molecule has 0 aliphatic heterocycles. The van der Waals surface area contributed by atoms with Crippen LogP contribution >= 0.6 is 0 Å². The number of nitrogens with one attached hydrogen (secondary N) is 1. The van der Waals surface area contributed by atoms with Gasteiger partial charge in [0.1, 0.15) is 5.82 Å². The van der Waals surface area contributed by atoms with Crippen molar-refractivity contribution in [3.63, 3.8) is 0 Å². The molecule has 1 aromatic carbocycles. The zero-order valence-corrected chi connectivity index (χ0v) is 8.81. The van der Waals surface area contributed by atoms with Crippen molar-refractivity contribution in [2.24, 2.45) is 0 Å². The molecule has 0 spiro atoms. The van der Waals surface area contributed by atoms with Crippen LogP contribution in [0.4, 0.5) is 10.1 Å². The second-order valence-corrected chi connectivity index (χ2v) is 4.70. The minimum absolute atomic E-state index is 0.158. The van der Waals surface area contributed by atoms with Crippen LogP contribution in [0.5, 0.6) is 0 Å². The highest BCUT2D eigenvalue weighted by molar-refractivity contribution is 7.92. The number of anilines is 1. The predicted octanol–water partition coefficient (Wildman–Crippen LogP) is 1.40. The molecule has 1 rings (SSSR count). The second-order valence-electron chi connectivity index (χ2n) is 2.98. The number of sulfonamides is 1. The van der Waals surface area contributed by atoms with E-state index >= 15 is 0 Å². The van der Waals surface area contributed by atoms with Gasteiger partial charge in [0.15, 0.2) is 5.75 Å². The number of nitrogens with zero attached hydrogens (tertiary/aromatic N) is 1. The van der Waals surface area contributed by atoms with Gasteiger partial charge in [-0.2, -0.15) is 5.26 Å². The summed E-state index contributed by atoms with van der Waals surface area (Å²) in [5.74, 6) is -1.18. The first-order chi connectivity index (χ1) is 6.94. The molecule has 0 radical (unpaired) electrons. The first-order valence-electron chi connectivity index (χ1n) is 4.08. The third-order valence-corrected chi connectivity index (χ3v) is 2.76. The zero-order chi connectivity index (χ0) is 11.5. The zero-order valence-electron chi connectivity index (χ0n) is 7.99. The van der Waals surface area contributed by atoms with Crippen LogP contribution in [0.1, 0.15) is 5.56 Å². The van der Waals surface area contributed by atoms with E-state index in [9.17, 15) is 12.8 Å². The van der Waals surface area contributed by atoms with Crippen LogP contribution in [0.2, 0.25) is 0 Å². The largest absolute Gasteiger partial charge is 0.282 e. The second kappa shape index (κ2) is 4.28. The highest BCUT2D eigenvalue weighted by Gasteiger charge is 2.11. The molecular formula is C9H9FN2O2S. The Morgan fingerprint density at radius 3 is 2.80 bits per heavy atom. The molecule has 1 aromatic rings. The Kier molecular flexibility index (Phi) is 3.27. The summed E-state index contributed by atoms with van der Waals surface area (Å²) >= 11 is 0. The minimum Gasteiger partial charge on any atom is -0.282 e. The fourth-order valence-corrected chi connectivity index (χ4v) is 1.79. The van der Waals surface area contributed by atoms with Gasteiger partial charge in [0.05, 0.1) is 11.8 Å². The molecule has 0 aliphatic carbocycles. The number of rotatable bonds is 3. The Bertz CT molecular complexity index is 505. The maximum atomic E-state index is 12.8. The fraction of sp³-hybridized carbons (Fsp3) is 0.222. The molecule has 0 bridgehead atoms. The van der Waals surface area contributed by atoms with Gasteiger partial charge in [-0.1, -0.05) is 6.07 Å². The molecule has 0 unspecified atom stereocenters. The van der Waals surface area contributed by atoms with Crippen molar-refractivity contribution in [2.75, 3.05) is 10.5 Å². The van der Waals surface area contributed by atoms with Crippen LogP contribution in [-0.2, 0) is 10.0 Å². The molecule has 0 heterocycles. The van der Waals surface area contributed by atoms with Crippen molar-refractivity contribution in [1.29, 1.82) is 5.26 Å². The normalized spacial score (nSPS) is 10.7. The van der Waals surface area contributed by atoms with Crippen molar-refractivity contribution in [2.45, 2.75) is 6.92 Å². The van der Waals surface area contributed by atoms with Crippen LogP contribution in [0, 0.1) is 24.1 Å². The van der Waals surface area contributed by atoms with Crippen molar-refractivity contribution >= 4 is 15.7 Å². The number of hydrogen-bond acceptors (Lipinski definition) is 3. The van der Waals surface area contributed by atoms with E-state index in [1.807, 2.05) is 0 Å². The van der Waals surface area contributed by atoms with E-state index in [4.69, 9.17) is 5.26 Å². The molecular weight excluding hydrogens is 219 g/mol. The monoisotopic (exact) mass is 228 g/mol. The smallest absolute Gasteiger partial charge is 0.246 e. The number of benzene rings is 1. The summed E-state index contributed by atoms with van der Waals surface area (Å²) in [5.41, 5.74) is 0.753. The maximum Gasteiger partial charge on any atom is 0.246 e. The van der Waals surface area contributed by atoms with Gasteiger partial charge in [-0.25, -0.2) is 12.8 Å². The summed E-state index contributed by atoms with van der Waals surface area (Å²) in [6, 6.07) is 5.28. The van der Waals surface area contributed by atoms with E-state index in [1.54, 1.807) is 6.92 Å². The summed E-state index contributed by atoms with van der Waals surface area (Å²) in [4.78, 5) is 0. The van der Waals surface area contributed by atoms with Crippen LogP contribution in [0.3, 0.4) is 0 Å². The highest BCUT2D eigenvalue weighted by Crippen LogP contribution is 2.17. The molecule has 15 heavy (non-hydrogen) atoms. The Hall–Kier alpha value is -1.61. The molecule has 6 heteroatoms. The summed E-state index contributed by atoms with van der Waals surface area (Å²) in [5, 5.41) is 8.26. The highest BCUT2D eigenvalue weighted by atomic mass is 32.2. The van der Waals surface area contributed by atoms with Crippen LogP contribution in [0.25, 0.3) is 0 Å². The third kappa shape index (κ3) is 3.22. The number of aryl methyl sites for hydroxylation is 1. The summed E-state index contributed by atoms with van der Waals surface area (Å²) in [6.07, 6.45) is 0. The number of nitriles is 1. The standard InChI is InChI=1S/C9H9FN2O2S/c1-7-2-3-8(10)6-9(7)12-15(13,14)5-4-11/h2-3,6,12H,5H2,1H3. The van der Waals surface area contributed by atoms with E-state index < -0.39 is 21.6 Å². The molecule has 0 saturated heterocycles. The molecule has 0 aromatic heterocycles. The van der Waals surface area contributed by atoms with Gasteiger partial charge in [0.2, 0.25) is 10.0 Å². The maximum absolute atomic E-state index is 12.8. The van der Waals surface area contributed by atoms with Gasteiger partial charge in [0, 0.05) is 0 Å². The molecule has 4 nitrogen and oxygen atoms in total. The van der Waals surface area contributed by atoms with Gasteiger partial charge in [-0.15, -0.1) is 0 Å². The van der Waals surface area contributed by atoms with E-state index in [1.165, 1.54) is 18.2 Å². The molecule has 0 atom stereocenters. The van der Waals surface area contributed by atoms with Gasteiger partial charge in [0.25, 0.3) is 0 Å². The van der Waals surface area contributed by atoms with Crippen molar-refractivity contribution < 1.29 is 12.8 Å². The Balaban J connectivity index is 3.00. The summed E-state index contributed by atoms with van der Waals surface area (Å²) in [7, 11) is -3.70. The SMILES string of the molecule is Cc1ccc(F)cc1NS(=O)(=O)CC#N. The van der Waals surface area contributed by atoms with Crippen molar-refractivity contribution in [1.82, 2.24) is 0 Å². The van der Waals surface area contributed by atoms with Crippen molar-refractivity contribution in [3.05, 3.63) is 29.6 Å². The molecule has 0 fully saturated rings. The van der Waals surface area contributed by atoms with E-state index in [2.05, 4.69) is 4.72 Å². The quantitative estimate of drug-likeness (QED) is 0.850.